The van der Waals surface area contributed by atoms with Crippen LogP contribution in [0.1, 0.15) is 29.3 Å². The summed E-state index contributed by atoms with van der Waals surface area (Å²) in [7, 11) is 1.56. The first-order valence-electron chi connectivity index (χ1n) is 7.54. The number of benzene rings is 2. The van der Waals surface area contributed by atoms with Gasteiger partial charge in [-0.3, -0.25) is 4.79 Å². The van der Waals surface area contributed by atoms with E-state index in [1.54, 1.807) is 37.6 Å². The molecule has 0 heterocycles. The largest absolute Gasteiger partial charge is 0.497 e. The van der Waals surface area contributed by atoms with Gasteiger partial charge in [0.1, 0.15) is 11.5 Å². The van der Waals surface area contributed by atoms with Crippen LogP contribution >= 0.6 is 15.9 Å². The maximum atomic E-state index is 12.0. The van der Waals surface area contributed by atoms with Gasteiger partial charge >= 0.3 is 0 Å². The molecule has 6 heteroatoms. The Labute approximate surface area is 149 Å². The van der Waals surface area contributed by atoms with Crippen molar-refractivity contribution in [1.29, 1.82) is 0 Å². The molecule has 2 aromatic rings. The van der Waals surface area contributed by atoms with E-state index in [0.29, 0.717) is 17.9 Å². The molecule has 1 N–H and O–H groups in total. The average molecular weight is 391 g/mol. The highest BCUT2D eigenvalue weighted by atomic mass is 79.9. The molecule has 0 fully saturated rings. The summed E-state index contributed by atoms with van der Waals surface area (Å²) in [4.78, 5) is 12.0. The maximum Gasteiger partial charge on any atom is 0.271 e. The summed E-state index contributed by atoms with van der Waals surface area (Å²) < 4.78 is 11.5. The first-order chi connectivity index (χ1) is 11.6. The number of amides is 1. The lowest BCUT2D eigenvalue weighted by atomic mass is 10.2. The highest BCUT2D eigenvalue weighted by Gasteiger charge is 2.05. The second kappa shape index (κ2) is 9.08. The Morgan fingerprint density at radius 2 is 2.12 bits per heavy atom. The van der Waals surface area contributed by atoms with Crippen molar-refractivity contribution in [1.82, 2.24) is 5.43 Å². The summed E-state index contributed by atoms with van der Waals surface area (Å²) in [5.41, 5.74) is 3.82. The van der Waals surface area contributed by atoms with Gasteiger partial charge in [-0.25, -0.2) is 5.43 Å². The van der Waals surface area contributed by atoms with Gasteiger partial charge in [0.05, 0.1) is 24.4 Å². The highest BCUT2D eigenvalue weighted by molar-refractivity contribution is 9.10. The van der Waals surface area contributed by atoms with Crippen LogP contribution in [0.2, 0.25) is 0 Å². The first kappa shape index (κ1) is 18.0. The van der Waals surface area contributed by atoms with Gasteiger partial charge in [-0.05, 0) is 64.3 Å². The fourth-order valence-corrected chi connectivity index (χ4v) is 2.43. The van der Waals surface area contributed by atoms with Gasteiger partial charge < -0.3 is 9.47 Å². The van der Waals surface area contributed by atoms with E-state index in [0.717, 1.165) is 22.2 Å². The molecule has 1 amide bonds. The van der Waals surface area contributed by atoms with Crippen LogP contribution in [0.4, 0.5) is 0 Å². The molecule has 5 nitrogen and oxygen atoms in total. The Morgan fingerprint density at radius 3 is 2.83 bits per heavy atom. The molecule has 0 aliphatic rings. The molecule has 0 aliphatic heterocycles. The normalized spacial score (nSPS) is 10.6. The molecule has 0 aliphatic carbocycles. The van der Waals surface area contributed by atoms with Gasteiger partial charge in [-0.2, -0.15) is 5.10 Å². The van der Waals surface area contributed by atoms with Gasteiger partial charge in [0.15, 0.2) is 0 Å². The molecule has 2 aromatic carbocycles. The lowest BCUT2D eigenvalue weighted by Crippen LogP contribution is -2.17. The van der Waals surface area contributed by atoms with Crippen LogP contribution in [-0.4, -0.2) is 25.8 Å². The number of hydrogen-bond acceptors (Lipinski definition) is 4. The fourth-order valence-electron chi connectivity index (χ4n) is 1.92. The average Bonchev–Trinajstić information content (AvgIpc) is 2.61. The Balaban J connectivity index is 1.98. The third kappa shape index (κ3) is 5.09. The Bertz CT molecular complexity index is 732. The second-order valence-electron chi connectivity index (χ2n) is 4.97. The zero-order chi connectivity index (χ0) is 17.4. The third-order valence-corrected chi connectivity index (χ3v) is 3.75. The van der Waals surface area contributed by atoms with E-state index in [4.69, 9.17) is 9.47 Å². The molecule has 0 saturated heterocycles. The zero-order valence-electron chi connectivity index (χ0n) is 13.6. The van der Waals surface area contributed by atoms with Crippen LogP contribution in [0.5, 0.6) is 11.5 Å². The molecule has 2 rings (SSSR count). The van der Waals surface area contributed by atoms with E-state index in [2.05, 4.69) is 33.4 Å². The molecular formula is C18H19BrN2O3. The number of methoxy groups -OCH3 is 1. The van der Waals surface area contributed by atoms with Crippen LogP contribution in [0.15, 0.2) is 52.0 Å². The molecule has 24 heavy (non-hydrogen) atoms. The van der Waals surface area contributed by atoms with Gasteiger partial charge in [-0.1, -0.05) is 13.0 Å². The summed E-state index contributed by atoms with van der Waals surface area (Å²) in [5, 5.41) is 3.98. The van der Waals surface area contributed by atoms with Crippen LogP contribution in [-0.2, 0) is 0 Å². The van der Waals surface area contributed by atoms with Gasteiger partial charge in [-0.15, -0.1) is 0 Å². The van der Waals surface area contributed by atoms with Crippen LogP contribution < -0.4 is 14.9 Å². The Hall–Kier alpha value is -2.34. The number of halogens is 1. The summed E-state index contributed by atoms with van der Waals surface area (Å²) in [5.74, 6) is 1.11. The molecular weight excluding hydrogens is 372 g/mol. The minimum absolute atomic E-state index is 0.299. The zero-order valence-corrected chi connectivity index (χ0v) is 15.2. The number of rotatable bonds is 7. The van der Waals surface area contributed by atoms with Crippen LogP contribution in [0.25, 0.3) is 0 Å². The molecule has 0 radical (unpaired) electrons. The highest BCUT2D eigenvalue weighted by Crippen LogP contribution is 2.25. The van der Waals surface area contributed by atoms with E-state index in [-0.39, 0.29) is 5.91 Å². The number of carbonyl (C=O) groups excluding carboxylic acids is 1. The van der Waals surface area contributed by atoms with Crippen LogP contribution in [0, 0.1) is 0 Å². The minimum atomic E-state index is -0.299. The molecule has 0 unspecified atom stereocenters. The molecule has 0 atom stereocenters. The lowest BCUT2D eigenvalue weighted by Gasteiger charge is -2.07. The number of ether oxygens (including phenoxy) is 2. The predicted octanol–water partition coefficient (Wildman–Crippen LogP) is 4.01. The monoisotopic (exact) mass is 390 g/mol. The van der Waals surface area contributed by atoms with Crippen molar-refractivity contribution in [2.75, 3.05) is 13.7 Å². The summed E-state index contributed by atoms with van der Waals surface area (Å²) in [6, 6.07) is 12.5. The van der Waals surface area contributed by atoms with Crippen molar-refractivity contribution in [3.8, 4) is 11.5 Å². The Morgan fingerprint density at radius 1 is 1.29 bits per heavy atom. The molecule has 0 saturated carbocycles. The first-order valence-corrected chi connectivity index (χ1v) is 8.33. The summed E-state index contributed by atoms with van der Waals surface area (Å²) in [6.45, 7) is 2.72. The standard InChI is InChI=1S/C18H19BrN2O3/c1-3-9-24-17-8-7-13(10-16(17)19)12-20-21-18(22)14-5-4-6-15(11-14)23-2/h4-8,10-12H,3,9H2,1-2H3,(H,21,22)/b20-12+. The summed E-state index contributed by atoms with van der Waals surface area (Å²) >= 11 is 3.46. The fraction of sp³-hybridized carbons (Fsp3) is 0.222. The van der Waals surface area contributed by atoms with Gasteiger partial charge in [0.25, 0.3) is 5.91 Å². The van der Waals surface area contributed by atoms with Gasteiger partial charge in [0, 0.05) is 5.56 Å². The lowest BCUT2D eigenvalue weighted by molar-refractivity contribution is 0.0955. The van der Waals surface area contributed by atoms with Gasteiger partial charge in [0.2, 0.25) is 0 Å². The smallest absolute Gasteiger partial charge is 0.271 e. The third-order valence-electron chi connectivity index (χ3n) is 3.13. The van der Waals surface area contributed by atoms with E-state index in [1.807, 2.05) is 18.2 Å². The van der Waals surface area contributed by atoms with E-state index < -0.39 is 0 Å². The van der Waals surface area contributed by atoms with Crippen molar-refractivity contribution in [2.24, 2.45) is 5.10 Å². The number of nitrogens with one attached hydrogen (secondary N) is 1. The maximum absolute atomic E-state index is 12.0. The van der Waals surface area contributed by atoms with E-state index >= 15 is 0 Å². The SMILES string of the molecule is CCCOc1ccc(/C=N/NC(=O)c2cccc(OC)c2)cc1Br. The minimum Gasteiger partial charge on any atom is -0.497 e. The van der Waals surface area contributed by atoms with Crippen molar-refractivity contribution in [2.45, 2.75) is 13.3 Å². The van der Waals surface area contributed by atoms with E-state index in [9.17, 15) is 4.79 Å². The summed E-state index contributed by atoms with van der Waals surface area (Å²) in [6.07, 6.45) is 2.53. The van der Waals surface area contributed by atoms with Crippen molar-refractivity contribution >= 4 is 28.1 Å². The quantitative estimate of drug-likeness (QED) is 0.573. The number of nitrogens with zero attached hydrogens (tertiary/aromatic N) is 1. The van der Waals surface area contributed by atoms with E-state index in [1.165, 1.54) is 0 Å². The Kier molecular flexibility index (Phi) is 6.81. The van der Waals surface area contributed by atoms with Crippen molar-refractivity contribution in [3.63, 3.8) is 0 Å². The second-order valence-corrected chi connectivity index (χ2v) is 5.82. The molecule has 0 aromatic heterocycles. The number of hydrogen-bond donors (Lipinski definition) is 1. The van der Waals surface area contributed by atoms with Crippen molar-refractivity contribution < 1.29 is 14.3 Å². The number of hydrazone groups is 1. The van der Waals surface area contributed by atoms with Crippen molar-refractivity contribution in [3.05, 3.63) is 58.1 Å². The topological polar surface area (TPSA) is 59.9 Å². The molecule has 126 valence electrons. The molecule has 0 bridgehead atoms. The molecule has 0 spiro atoms. The predicted molar refractivity (Wildman–Crippen MR) is 98.0 cm³/mol. The number of carbonyl (C=O) groups is 1. The van der Waals surface area contributed by atoms with Crippen LogP contribution in [0.3, 0.4) is 0 Å².